The number of halogens is 1. The number of nitrogens with one attached hydrogen (secondary N) is 1. The van der Waals surface area contributed by atoms with Crippen molar-refractivity contribution >= 4 is 21.8 Å². The van der Waals surface area contributed by atoms with Gasteiger partial charge in [0.15, 0.2) is 0 Å². The molecule has 0 aliphatic carbocycles. The van der Waals surface area contributed by atoms with Crippen molar-refractivity contribution in [1.82, 2.24) is 5.32 Å². The second-order valence-corrected chi connectivity index (χ2v) is 6.20. The fourth-order valence-electron chi connectivity index (χ4n) is 2.24. The first-order valence-corrected chi connectivity index (χ1v) is 8.77. The largest absolute Gasteiger partial charge is 0.490 e. The molecular weight excluding hydrogens is 370 g/mol. The van der Waals surface area contributed by atoms with Crippen LogP contribution in [-0.4, -0.2) is 25.7 Å². The van der Waals surface area contributed by atoms with Crippen molar-refractivity contribution in [3.05, 3.63) is 64.1 Å². The highest BCUT2D eigenvalue weighted by Crippen LogP contribution is 2.21. The van der Waals surface area contributed by atoms with Gasteiger partial charge in [0, 0.05) is 11.1 Å². The molecule has 2 rings (SSSR count). The van der Waals surface area contributed by atoms with Crippen LogP contribution in [0.5, 0.6) is 5.75 Å². The zero-order valence-electron chi connectivity index (χ0n) is 13.9. The molecule has 24 heavy (non-hydrogen) atoms. The average Bonchev–Trinajstić information content (AvgIpc) is 2.59. The molecule has 0 spiro atoms. The molecular formula is C19H22BrNO3. The van der Waals surface area contributed by atoms with Crippen molar-refractivity contribution in [3.8, 4) is 5.75 Å². The molecule has 0 radical (unpaired) electrons. The van der Waals surface area contributed by atoms with Gasteiger partial charge in [-0.25, -0.2) is 0 Å². The number of benzene rings is 2. The van der Waals surface area contributed by atoms with Gasteiger partial charge in [-0.15, -0.1) is 0 Å². The van der Waals surface area contributed by atoms with Crippen LogP contribution in [0.4, 0.5) is 0 Å². The van der Waals surface area contributed by atoms with Gasteiger partial charge in [0.05, 0.1) is 18.2 Å². The minimum atomic E-state index is -0.155. The topological polar surface area (TPSA) is 47.6 Å². The third kappa shape index (κ3) is 5.35. The number of amides is 1. The van der Waals surface area contributed by atoms with E-state index in [2.05, 4.69) is 21.2 Å². The lowest BCUT2D eigenvalue weighted by atomic mass is 10.1. The Hall–Kier alpha value is -1.85. The lowest BCUT2D eigenvalue weighted by molar-refractivity contribution is 0.0923. The maximum Gasteiger partial charge on any atom is 0.255 e. The number of carbonyl (C=O) groups is 1. The van der Waals surface area contributed by atoms with Crippen LogP contribution in [0, 0.1) is 0 Å². The van der Waals surface area contributed by atoms with Gasteiger partial charge in [-0.3, -0.25) is 4.79 Å². The summed E-state index contributed by atoms with van der Waals surface area (Å²) in [6.45, 7) is 5.46. The van der Waals surface area contributed by atoms with Gasteiger partial charge in [0.2, 0.25) is 0 Å². The Bertz CT molecular complexity index is 658. The summed E-state index contributed by atoms with van der Waals surface area (Å²) < 4.78 is 11.9. The average molecular weight is 392 g/mol. The van der Waals surface area contributed by atoms with E-state index in [1.807, 2.05) is 50.2 Å². The molecule has 0 bridgehead atoms. The van der Waals surface area contributed by atoms with Crippen molar-refractivity contribution in [1.29, 1.82) is 0 Å². The molecule has 0 heterocycles. The van der Waals surface area contributed by atoms with Crippen LogP contribution in [0.1, 0.15) is 35.8 Å². The van der Waals surface area contributed by atoms with Crippen molar-refractivity contribution in [2.24, 2.45) is 0 Å². The van der Waals surface area contributed by atoms with Crippen LogP contribution in [0.15, 0.2) is 53.0 Å². The maximum atomic E-state index is 12.6. The summed E-state index contributed by atoms with van der Waals surface area (Å²) >= 11 is 3.41. The standard InChI is InChI=1S/C19H22BrNO3/c1-3-23-12-13-24-18-7-5-4-6-17(18)19(22)21-14(2)15-8-10-16(20)11-9-15/h4-11,14H,3,12-13H2,1-2H3,(H,21,22). The SMILES string of the molecule is CCOCCOc1ccccc1C(=O)NC(C)c1ccc(Br)cc1. The minimum absolute atomic E-state index is 0.0953. The van der Waals surface area contributed by atoms with E-state index in [0.29, 0.717) is 31.1 Å². The summed E-state index contributed by atoms with van der Waals surface area (Å²) in [5.41, 5.74) is 1.57. The summed E-state index contributed by atoms with van der Waals surface area (Å²) in [6.07, 6.45) is 0. The van der Waals surface area contributed by atoms with Gasteiger partial charge in [-0.1, -0.05) is 40.2 Å². The molecule has 0 fully saturated rings. The normalized spacial score (nSPS) is 11.8. The molecule has 128 valence electrons. The molecule has 0 saturated heterocycles. The molecule has 2 aromatic carbocycles. The Kier molecular flexibility index (Phi) is 7.28. The minimum Gasteiger partial charge on any atom is -0.490 e. The van der Waals surface area contributed by atoms with Crippen LogP contribution < -0.4 is 10.1 Å². The molecule has 0 aromatic heterocycles. The fourth-order valence-corrected chi connectivity index (χ4v) is 2.51. The Balaban J connectivity index is 2.02. The third-order valence-electron chi connectivity index (χ3n) is 3.54. The first kappa shape index (κ1) is 18.5. The highest BCUT2D eigenvalue weighted by Gasteiger charge is 2.15. The maximum absolute atomic E-state index is 12.6. The number of hydrogen-bond donors (Lipinski definition) is 1. The molecule has 1 amide bonds. The molecule has 1 unspecified atom stereocenters. The van der Waals surface area contributed by atoms with Crippen molar-refractivity contribution in [3.63, 3.8) is 0 Å². The summed E-state index contributed by atoms with van der Waals surface area (Å²) in [7, 11) is 0. The Labute approximate surface area is 151 Å². The Morgan fingerprint density at radius 1 is 1.12 bits per heavy atom. The van der Waals surface area contributed by atoms with Crippen LogP contribution in [0.25, 0.3) is 0 Å². The summed E-state index contributed by atoms with van der Waals surface area (Å²) in [4.78, 5) is 12.6. The first-order chi connectivity index (χ1) is 11.6. The van der Waals surface area contributed by atoms with Crippen LogP contribution in [0.2, 0.25) is 0 Å². The molecule has 4 nitrogen and oxygen atoms in total. The van der Waals surface area contributed by atoms with E-state index in [0.717, 1.165) is 10.0 Å². The monoisotopic (exact) mass is 391 g/mol. The first-order valence-electron chi connectivity index (χ1n) is 7.97. The summed E-state index contributed by atoms with van der Waals surface area (Å²) in [5, 5.41) is 3.01. The van der Waals surface area contributed by atoms with E-state index in [-0.39, 0.29) is 11.9 Å². The molecule has 1 atom stereocenters. The van der Waals surface area contributed by atoms with E-state index >= 15 is 0 Å². The second kappa shape index (κ2) is 9.45. The molecule has 5 heteroatoms. The smallest absolute Gasteiger partial charge is 0.255 e. The molecule has 0 saturated carbocycles. The number of ether oxygens (including phenoxy) is 2. The van der Waals surface area contributed by atoms with Gasteiger partial charge >= 0.3 is 0 Å². The second-order valence-electron chi connectivity index (χ2n) is 5.29. The van der Waals surface area contributed by atoms with E-state index in [1.165, 1.54) is 0 Å². The Morgan fingerprint density at radius 2 is 1.83 bits per heavy atom. The molecule has 2 aromatic rings. The highest BCUT2D eigenvalue weighted by molar-refractivity contribution is 9.10. The molecule has 0 aliphatic heterocycles. The molecule has 1 N–H and O–H groups in total. The van der Waals surface area contributed by atoms with Gasteiger partial charge in [0.1, 0.15) is 12.4 Å². The summed E-state index contributed by atoms with van der Waals surface area (Å²) in [5.74, 6) is 0.412. The van der Waals surface area contributed by atoms with Gasteiger partial charge < -0.3 is 14.8 Å². The lowest BCUT2D eigenvalue weighted by Gasteiger charge is -2.16. The predicted molar refractivity (Wildman–Crippen MR) is 98.5 cm³/mol. The number of para-hydroxylation sites is 1. The molecule has 0 aliphatic rings. The van der Waals surface area contributed by atoms with Crippen molar-refractivity contribution in [2.75, 3.05) is 19.8 Å². The van der Waals surface area contributed by atoms with Crippen LogP contribution in [0.3, 0.4) is 0 Å². The van der Waals surface area contributed by atoms with Crippen molar-refractivity contribution < 1.29 is 14.3 Å². The van der Waals surface area contributed by atoms with Crippen LogP contribution >= 0.6 is 15.9 Å². The fraction of sp³-hybridized carbons (Fsp3) is 0.316. The van der Waals surface area contributed by atoms with E-state index in [1.54, 1.807) is 12.1 Å². The predicted octanol–water partition coefficient (Wildman–Crippen LogP) is 4.36. The zero-order chi connectivity index (χ0) is 17.4. The van der Waals surface area contributed by atoms with Gasteiger partial charge in [-0.2, -0.15) is 0 Å². The third-order valence-corrected chi connectivity index (χ3v) is 4.07. The van der Waals surface area contributed by atoms with E-state index < -0.39 is 0 Å². The summed E-state index contributed by atoms with van der Waals surface area (Å²) in [6, 6.07) is 15.0. The quantitative estimate of drug-likeness (QED) is 0.680. The van der Waals surface area contributed by atoms with Crippen molar-refractivity contribution in [2.45, 2.75) is 19.9 Å². The zero-order valence-corrected chi connectivity index (χ0v) is 15.5. The van der Waals surface area contributed by atoms with E-state index in [4.69, 9.17) is 9.47 Å². The van der Waals surface area contributed by atoms with Crippen LogP contribution in [-0.2, 0) is 4.74 Å². The lowest BCUT2D eigenvalue weighted by Crippen LogP contribution is -2.27. The van der Waals surface area contributed by atoms with E-state index in [9.17, 15) is 4.79 Å². The Morgan fingerprint density at radius 3 is 2.54 bits per heavy atom. The van der Waals surface area contributed by atoms with Gasteiger partial charge in [-0.05, 0) is 43.7 Å². The number of carbonyl (C=O) groups excluding carboxylic acids is 1. The number of hydrogen-bond acceptors (Lipinski definition) is 3. The highest BCUT2D eigenvalue weighted by atomic mass is 79.9. The number of rotatable bonds is 8. The van der Waals surface area contributed by atoms with Gasteiger partial charge in [0.25, 0.3) is 5.91 Å².